The van der Waals surface area contributed by atoms with E-state index >= 15 is 0 Å². The highest BCUT2D eigenvalue weighted by atomic mass is 16.5. The number of nitrogens with one attached hydrogen (secondary N) is 1. The number of carbonyl (C=O) groups is 1. The number of carbonyl (C=O) groups excluding carboxylic acids is 1. The van der Waals surface area contributed by atoms with Crippen molar-refractivity contribution in [2.45, 2.75) is 31.7 Å². The second-order valence-electron chi connectivity index (χ2n) is 4.68. The Balaban J connectivity index is 1.74. The lowest BCUT2D eigenvalue weighted by atomic mass is 10.1. The highest BCUT2D eigenvalue weighted by molar-refractivity contribution is 5.79. The summed E-state index contributed by atoms with van der Waals surface area (Å²) in [6, 6.07) is 0.353. The van der Waals surface area contributed by atoms with E-state index in [1.807, 2.05) is 0 Å². The Hall–Kier alpha value is -0.610. The van der Waals surface area contributed by atoms with Gasteiger partial charge in [0.1, 0.15) is 0 Å². The molecule has 0 spiro atoms. The van der Waals surface area contributed by atoms with Crippen LogP contribution in [-0.4, -0.2) is 31.7 Å². The van der Waals surface area contributed by atoms with Gasteiger partial charge in [0.2, 0.25) is 5.91 Å². The molecule has 4 heteroatoms. The predicted molar refractivity (Wildman–Crippen MR) is 57.3 cm³/mol. The molecule has 2 fully saturated rings. The molecule has 3 atom stereocenters. The molecule has 0 aromatic carbocycles. The maximum absolute atomic E-state index is 11.8. The standard InChI is InChI=1S/C11H20N2O2/c12-6-8-1-2-10(5-8)13-11(14)9-3-4-15-7-9/h8-10H,1-7,12H2,(H,13,14)/t8-,9?,10+/m1/s1. The van der Waals surface area contributed by atoms with Crippen molar-refractivity contribution < 1.29 is 9.53 Å². The fourth-order valence-electron chi connectivity index (χ4n) is 2.48. The third-order valence-electron chi connectivity index (χ3n) is 3.52. The molecule has 86 valence electrons. The summed E-state index contributed by atoms with van der Waals surface area (Å²) in [6.45, 7) is 2.08. The molecule has 3 N–H and O–H groups in total. The van der Waals surface area contributed by atoms with E-state index in [-0.39, 0.29) is 11.8 Å². The van der Waals surface area contributed by atoms with Crippen LogP contribution in [0.4, 0.5) is 0 Å². The first-order valence-corrected chi connectivity index (χ1v) is 5.87. The van der Waals surface area contributed by atoms with Gasteiger partial charge >= 0.3 is 0 Å². The summed E-state index contributed by atoms with van der Waals surface area (Å²) in [5.41, 5.74) is 5.62. The molecule has 1 saturated carbocycles. The smallest absolute Gasteiger partial charge is 0.225 e. The van der Waals surface area contributed by atoms with E-state index in [9.17, 15) is 4.79 Å². The van der Waals surface area contributed by atoms with Crippen LogP contribution in [0, 0.1) is 11.8 Å². The Bertz CT molecular complexity index is 227. The number of ether oxygens (including phenoxy) is 1. The third-order valence-corrected chi connectivity index (χ3v) is 3.52. The molecule has 0 aromatic heterocycles. The van der Waals surface area contributed by atoms with E-state index in [0.717, 1.165) is 38.8 Å². The van der Waals surface area contributed by atoms with Crippen LogP contribution in [0.3, 0.4) is 0 Å². The molecule has 1 aliphatic heterocycles. The van der Waals surface area contributed by atoms with Crippen LogP contribution in [-0.2, 0) is 9.53 Å². The molecule has 1 amide bonds. The van der Waals surface area contributed by atoms with Crippen LogP contribution in [0.15, 0.2) is 0 Å². The monoisotopic (exact) mass is 212 g/mol. The fourth-order valence-corrected chi connectivity index (χ4v) is 2.48. The van der Waals surface area contributed by atoms with E-state index in [1.54, 1.807) is 0 Å². The lowest BCUT2D eigenvalue weighted by molar-refractivity contribution is -0.125. The van der Waals surface area contributed by atoms with Gasteiger partial charge in [-0.1, -0.05) is 0 Å². The van der Waals surface area contributed by atoms with E-state index < -0.39 is 0 Å². The molecule has 1 unspecified atom stereocenters. The maximum atomic E-state index is 11.8. The summed E-state index contributed by atoms with van der Waals surface area (Å²) in [7, 11) is 0. The maximum Gasteiger partial charge on any atom is 0.225 e. The van der Waals surface area contributed by atoms with E-state index in [4.69, 9.17) is 10.5 Å². The molecule has 0 bridgehead atoms. The molecule has 0 radical (unpaired) electrons. The quantitative estimate of drug-likeness (QED) is 0.705. The summed E-state index contributed by atoms with van der Waals surface area (Å²) in [5.74, 6) is 0.868. The Morgan fingerprint density at radius 3 is 2.87 bits per heavy atom. The summed E-state index contributed by atoms with van der Waals surface area (Å²) in [6.07, 6.45) is 4.17. The zero-order chi connectivity index (χ0) is 10.7. The van der Waals surface area contributed by atoms with Gasteiger partial charge in [-0.2, -0.15) is 0 Å². The van der Waals surface area contributed by atoms with Gasteiger partial charge in [-0.05, 0) is 38.1 Å². The van der Waals surface area contributed by atoms with Crippen LogP contribution < -0.4 is 11.1 Å². The SMILES string of the molecule is NC[C@@H]1CC[C@H](NC(=O)C2CCOC2)C1. The van der Waals surface area contributed by atoms with E-state index in [0.29, 0.717) is 18.6 Å². The molecule has 15 heavy (non-hydrogen) atoms. The molecule has 1 aliphatic carbocycles. The third kappa shape index (κ3) is 2.69. The highest BCUT2D eigenvalue weighted by Gasteiger charge is 2.29. The minimum absolute atomic E-state index is 0.0851. The number of rotatable bonds is 3. The first-order chi connectivity index (χ1) is 7.29. The van der Waals surface area contributed by atoms with Crippen LogP contribution in [0.1, 0.15) is 25.7 Å². The number of nitrogens with two attached hydrogens (primary N) is 1. The van der Waals surface area contributed by atoms with Crippen LogP contribution in [0.2, 0.25) is 0 Å². The van der Waals surface area contributed by atoms with Gasteiger partial charge < -0.3 is 15.8 Å². The van der Waals surface area contributed by atoms with E-state index in [1.165, 1.54) is 0 Å². The van der Waals surface area contributed by atoms with Crippen molar-refractivity contribution in [3.8, 4) is 0 Å². The molecule has 0 aromatic rings. The van der Waals surface area contributed by atoms with Crippen molar-refractivity contribution in [1.29, 1.82) is 0 Å². The van der Waals surface area contributed by atoms with Gasteiger partial charge in [0.25, 0.3) is 0 Å². The zero-order valence-corrected chi connectivity index (χ0v) is 9.08. The lowest BCUT2D eigenvalue weighted by Crippen LogP contribution is -2.38. The predicted octanol–water partition coefficient (Wildman–Crippen LogP) is 0.266. The van der Waals surface area contributed by atoms with Crippen LogP contribution in [0.5, 0.6) is 0 Å². The summed E-state index contributed by atoms with van der Waals surface area (Å²) in [5, 5.41) is 3.11. The Labute approximate surface area is 90.5 Å². The summed E-state index contributed by atoms with van der Waals surface area (Å²) >= 11 is 0. The molecular weight excluding hydrogens is 192 g/mol. The van der Waals surface area contributed by atoms with Crippen LogP contribution in [0.25, 0.3) is 0 Å². The van der Waals surface area contributed by atoms with Gasteiger partial charge in [0, 0.05) is 12.6 Å². The minimum Gasteiger partial charge on any atom is -0.381 e. The largest absolute Gasteiger partial charge is 0.381 e. The summed E-state index contributed by atoms with van der Waals surface area (Å²) < 4.78 is 5.20. The Kier molecular flexibility index (Phi) is 3.59. The number of amides is 1. The summed E-state index contributed by atoms with van der Waals surface area (Å²) in [4.78, 5) is 11.8. The molecule has 1 saturated heterocycles. The topological polar surface area (TPSA) is 64.3 Å². The van der Waals surface area contributed by atoms with E-state index in [2.05, 4.69) is 5.32 Å². The number of hydrogen-bond donors (Lipinski definition) is 2. The van der Waals surface area contributed by atoms with Gasteiger partial charge in [0.15, 0.2) is 0 Å². The second kappa shape index (κ2) is 4.94. The first-order valence-electron chi connectivity index (χ1n) is 5.87. The van der Waals surface area contributed by atoms with Crippen molar-refractivity contribution in [2.75, 3.05) is 19.8 Å². The Morgan fingerprint density at radius 2 is 2.27 bits per heavy atom. The first kappa shape index (κ1) is 10.9. The zero-order valence-electron chi connectivity index (χ0n) is 9.08. The van der Waals surface area contributed by atoms with Gasteiger partial charge in [-0.3, -0.25) is 4.79 Å². The number of hydrogen-bond acceptors (Lipinski definition) is 3. The van der Waals surface area contributed by atoms with Gasteiger partial charge in [-0.25, -0.2) is 0 Å². The average Bonchev–Trinajstić information content (AvgIpc) is 2.87. The Morgan fingerprint density at radius 1 is 1.40 bits per heavy atom. The molecule has 2 aliphatic rings. The highest BCUT2D eigenvalue weighted by Crippen LogP contribution is 2.25. The van der Waals surface area contributed by atoms with Crippen molar-refractivity contribution in [1.82, 2.24) is 5.32 Å². The lowest BCUT2D eigenvalue weighted by Gasteiger charge is -2.15. The van der Waals surface area contributed by atoms with Gasteiger partial charge in [-0.15, -0.1) is 0 Å². The second-order valence-corrected chi connectivity index (χ2v) is 4.68. The van der Waals surface area contributed by atoms with Crippen molar-refractivity contribution in [2.24, 2.45) is 17.6 Å². The average molecular weight is 212 g/mol. The minimum atomic E-state index is 0.0851. The van der Waals surface area contributed by atoms with Crippen molar-refractivity contribution in [3.63, 3.8) is 0 Å². The molecular formula is C11H20N2O2. The molecule has 4 nitrogen and oxygen atoms in total. The van der Waals surface area contributed by atoms with Crippen molar-refractivity contribution in [3.05, 3.63) is 0 Å². The van der Waals surface area contributed by atoms with Crippen LogP contribution >= 0.6 is 0 Å². The van der Waals surface area contributed by atoms with Gasteiger partial charge in [0.05, 0.1) is 12.5 Å². The normalized spacial score (nSPS) is 35.7. The van der Waals surface area contributed by atoms with Crippen molar-refractivity contribution >= 4 is 5.91 Å². The molecule has 2 rings (SSSR count). The fraction of sp³-hybridized carbons (Fsp3) is 0.909. The molecule has 1 heterocycles.